The van der Waals surface area contributed by atoms with E-state index in [1.165, 1.54) is 0 Å². The number of piperidine rings is 2. The van der Waals surface area contributed by atoms with Crippen molar-refractivity contribution in [1.29, 1.82) is 5.26 Å². The third-order valence-corrected chi connectivity index (χ3v) is 4.14. The maximum Gasteiger partial charge on any atom is 0.236 e. The van der Waals surface area contributed by atoms with Gasteiger partial charge >= 0.3 is 0 Å². The molecule has 18 heavy (non-hydrogen) atoms. The molecule has 0 saturated carbocycles. The number of likely N-dealkylation sites (tertiary alicyclic amines) is 2. The monoisotopic (exact) mass is 250 g/mol. The van der Waals surface area contributed by atoms with E-state index in [9.17, 15) is 4.79 Å². The molecule has 0 aromatic heterocycles. The van der Waals surface area contributed by atoms with E-state index < -0.39 is 0 Å². The van der Waals surface area contributed by atoms with Crippen molar-refractivity contribution in [3.63, 3.8) is 0 Å². The number of hydrogen-bond donors (Lipinski definition) is 1. The van der Waals surface area contributed by atoms with Gasteiger partial charge in [0.2, 0.25) is 5.91 Å². The molecule has 2 rings (SSSR count). The van der Waals surface area contributed by atoms with Gasteiger partial charge in [-0.05, 0) is 32.2 Å². The zero-order valence-corrected chi connectivity index (χ0v) is 10.8. The van der Waals surface area contributed by atoms with Crippen LogP contribution in [0, 0.1) is 17.2 Å². The first kappa shape index (κ1) is 13.3. The zero-order valence-electron chi connectivity index (χ0n) is 10.8. The van der Waals surface area contributed by atoms with E-state index in [1.54, 1.807) is 0 Å². The number of nitrogens with zero attached hydrogens (tertiary/aromatic N) is 3. The minimum atomic E-state index is 0.0574. The number of amides is 1. The highest BCUT2D eigenvalue weighted by molar-refractivity contribution is 5.78. The van der Waals surface area contributed by atoms with Crippen LogP contribution in [0.15, 0.2) is 0 Å². The molecule has 5 nitrogen and oxygen atoms in total. The molecule has 2 aliphatic heterocycles. The Hall–Kier alpha value is -1.12. The van der Waals surface area contributed by atoms with Gasteiger partial charge in [-0.1, -0.05) is 0 Å². The second kappa shape index (κ2) is 6.17. The molecule has 2 fully saturated rings. The van der Waals surface area contributed by atoms with Crippen LogP contribution < -0.4 is 5.73 Å². The summed E-state index contributed by atoms with van der Waals surface area (Å²) in [6.07, 6.45) is 4.20. The van der Waals surface area contributed by atoms with Gasteiger partial charge in [-0.2, -0.15) is 5.26 Å². The summed E-state index contributed by atoms with van der Waals surface area (Å²) in [6, 6.07) is 2.93. The lowest BCUT2D eigenvalue weighted by Crippen LogP contribution is -2.50. The second-order valence-electron chi connectivity index (χ2n) is 5.28. The first-order chi connectivity index (χ1) is 8.74. The van der Waals surface area contributed by atoms with Crippen molar-refractivity contribution in [2.45, 2.75) is 31.7 Å². The van der Waals surface area contributed by atoms with Crippen LogP contribution in [0.25, 0.3) is 0 Å². The van der Waals surface area contributed by atoms with Gasteiger partial charge in [0, 0.05) is 25.7 Å². The third-order valence-electron chi connectivity index (χ3n) is 4.14. The van der Waals surface area contributed by atoms with Crippen molar-refractivity contribution in [2.75, 3.05) is 32.7 Å². The Morgan fingerprint density at radius 2 is 2.00 bits per heavy atom. The van der Waals surface area contributed by atoms with Crippen LogP contribution in [0.3, 0.4) is 0 Å². The first-order valence-electron chi connectivity index (χ1n) is 6.86. The molecule has 1 amide bonds. The third kappa shape index (κ3) is 3.01. The van der Waals surface area contributed by atoms with Crippen molar-refractivity contribution in [1.82, 2.24) is 9.80 Å². The minimum absolute atomic E-state index is 0.0574. The van der Waals surface area contributed by atoms with Crippen LogP contribution in [0.5, 0.6) is 0 Å². The quantitative estimate of drug-likeness (QED) is 0.758. The van der Waals surface area contributed by atoms with E-state index in [4.69, 9.17) is 11.0 Å². The topological polar surface area (TPSA) is 73.4 Å². The molecule has 1 unspecified atom stereocenters. The number of rotatable bonds is 2. The molecule has 5 heteroatoms. The molecule has 0 radical (unpaired) electrons. The van der Waals surface area contributed by atoms with Gasteiger partial charge in [0.1, 0.15) is 0 Å². The molecule has 2 N–H and O–H groups in total. The van der Waals surface area contributed by atoms with Crippen LogP contribution in [0.4, 0.5) is 0 Å². The average molecular weight is 250 g/mol. The molecular formula is C13H22N4O. The van der Waals surface area contributed by atoms with Gasteiger partial charge in [-0.25, -0.2) is 0 Å². The molecule has 2 aliphatic rings. The van der Waals surface area contributed by atoms with Crippen molar-refractivity contribution in [3.8, 4) is 6.07 Å². The van der Waals surface area contributed by atoms with E-state index >= 15 is 0 Å². The van der Waals surface area contributed by atoms with Crippen LogP contribution >= 0.6 is 0 Å². The Labute approximate surface area is 109 Å². The Morgan fingerprint density at radius 1 is 1.28 bits per heavy atom. The van der Waals surface area contributed by atoms with Gasteiger partial charge in [0.15, 0.2) is 0 Å². The molecule has 0 spiro atoms. The van der Waals surface area contributed by atoms with Crippen LogP contribution in [0.2, 0.25) is 0 Å². The summed E-state index contributed by atoms with van der Waals surface area (Å²) in [6.45, 7) is 3.76. The molecular weight excluding hydrogens is 228 g/mol. The summed E-state index contributed by atoms with van der Waals surface area (Å²) in [5, 5.41) is 9.01. The number of carbonyl (C=O) groups excluding carboxylic acids is 1. The standard InChI is InChI=1S/C13H22N4O/c14-8-11-2-1-5-17(10-11)12-3-6-16(7-4-12)13(18)9-15/h11-12H,1-7,9-10,15H2. The molecule has 0 aliphatic carbocycles. The highest BCUT2D eigenvalue weighted by atomic mass is 16.2. The lowest BCUT2D eigenvalue weighted by Gasteiger charge is -2.41. The summed E-state index contributed by atoms with van der Waals surface area (Å²) in [5.41, 5.74) is 5.38. The normalized spacial score (nSPS) is 26.9. The number of carbonyl (C=O) groups is 1. The van der Waals surface area contributed by atoms with Gasteiger partial charge in [0.25, 0.3) is 0 Å². The number of nitrogens with two attached hydrogens (primary N) is 1. The predicted molar refractivity (Wildman–Crippen MR) is 68.6 cm³/mol. The fraction of sp³-hybridized carbons (Fsp3) is 0.846. The highest BCUT2D eigenvalue weighted by Gasteiger charge is 2.29. The second-order valence-corrected chi connectivity index (χ2v) is 5.28. The molecule has 100 valence electrons. The number of nitriles is 1. The van der Waals surface area contributed by atoms with Gasteiger partial charge in [0.05, 0.1) is 18.5 Å². The van der Waals surface area contributed by atoms with Crippen LogP contribution in [-0.4, -0.2) is 54.5 Å². The SMILES string of the molecule is N#CC1CCCN(C2CCN(C(=O)CN)CC2)C1. The summed E-state index contributed by atoms with van der Waals surface area (Å²) in [5.74, 6) is 0.254. The van der Waals surface area contributed by atoms with E-state index in [1.807, 2.05) is 4.90 Å². The van der Waals surface area contributed by atoms with Crippen LogP contribution in [-0.2, 0) is 4.79 Å². The average Bonchev–Trinajstić information content (AvgIpc) is 2.46. The van der Waals surface area contributed by atoms with Crippen molar-refractivity contribution in [3.05, 3.63) is 0 Å². The van der Waals surface area contributed by atoms with Gasteiger partial charge in [-0.15, -0.1) is 0 Å². The van der Waals surface area contributed by atoms with E-state index in [-0.39, 0.29) is 18.4 Å². The summed E-state index contributed by atoms with van der Waals surface area (Å²) in [4.78, 5) is 15.8. The predicted octanol–water partition coefficient (Wildman–Crippen LogP) is 0.172. The zero-order chi connectivity index (χ0) is 13.0. The van der Waals surface area contributed by atoms with Crippen molar-refractivity contribution in [2.24, 2.45) is 11.7 Å². The Morgan fingerprint density at radius 3 is 2.61 bits per heavy atom. The largest absolute Gasteiger partial charge is 0.341 e. The maximum absolute atomic E-state index is 11.5. The van der Waals surface area contributed by atoms with E-state index in [2.05, 4.69) is 11.0 Å². The summed E-state index contributed by atoms with van der Waals surface area (Å²) < 4.78 is 0. The molecule has 0 bridgehead atoms. The number of hydrogen-bond acceptors (Lipinski definition) is 4. The van der Waals surface area contributed by atoms with Crippen LogP contribution in [0.1, 0.15) is 25.7 Å². The smallest absolute Gasteiger partial charge is 0.236 e. The van der Waals surface area contributed by atoms with Crippen molar-refractivity contribution >= 4 is 5.91 Å². The summed E-state index contributed by atoms with van der Waals surface area (Å²) in [7, 11) is 0. The lowest BCUT2D eigenvalue weighted by atomic mass is 9.95. The highest BCUT2D eigenvalue weighted by Crippen LogP contribution is 2.23. The fourth-order valence-corrected chi connectivity index (χ4v) is 3.05. The van der Waals surface area contributed by atoms with E-state index in [0.29, 0.717) is 6.04 Å². The Bertz CT molecular complexity index is 330. The molecule has 0 aromatic rings. The molecule has 0 aromatic carbocycles. The van der Waals surface area contributed by atoms with E-state index in [0.717, 1.165) is 51.9 Å². The lowest BCUT2D eigenvalue weighted by molar-refractivity contribution is -0.131. The Balaban J connectivity index is 1.82. The Kier molecular flexibility index (Phi) is 4.56. The fourth-order valence-electron chi connectivity index (χ4n) is 3.05. The van der Waals surface area contributed by atoms with Gasteiger partial charge in [-0.3, -0.25) is 9.69 Å². The van der Waals surface area contributed by atoms with Crippen molar-refractivity contribution < 1.29 is 4.79 Å². The maximum atomic E-state index is 11.5. The molecule has 2 saturated heterocycles. The summed E-state index contributed by atoms with van der Waals surface area (Å²) >= 11 is 0. The molecule has 2 heterocycles. The minimum Gasteiger partial charge on any atom is -0.341 e. The molecule has 1 atom stereocenters. The first-order valence-corrected chi connectivity index (χ1v) is 6.86. The van der Waals surface area contributed by atoms with Gasteiger partial charge < -0.3 is 10.6 Å².